The molecule has 0 spiro atoms. The van der Waals surface area contributed by atoms with Crippen molar-refractivity contribution in [3.05, 3.63) is 35.9 Å². The number of aliphatic carboxylic acids is 3. The average molecular weight is 2000 g/mol. The molecule has 1 rings (SSSR count). The van der Waals surface area contributed by atoms with E-state index in [0.29, 0.717) is 12.0 Å². The molecule has 0 aromatic heterocycles. The van der Waals surface area contributed by atoms with E-state index < -0.39 is 326 Å². The second kappa shape index (κ2) is 62.6. The van der Waals surface area contributed by atoms with Crippen LogP contribution in [-0.4, -0.2) is 303 Å². The highest BCUT2D eigenvalue weighted by Gasteiger charge is 2.41. The number of benzene rings is 1. The predicted molar refractivity (Wildman–Crippen MR) is 503 cm³/mol. The third-order valence-corrected chi connectivity index (χ3v) is 21.6. The molecule has 0 fully saturated rings. The lowest BCUT2D eigenvalue weighted by Gasteiger charge is -2.29. The number of amides is 21. The average Bonchev–Trinajstić information content (AvgIpc) is 0.838. The molecular formula is C88H145N25O28. The van der Waals surface area contributed by atoms with Gasteiger partial charge in [0.05, 0.1) is 51.4 Å². The molecule has 1 aromatic rings. The number of nitrogens with two attached hydrogens (primary N) is 4. The van der Waals surface area contributed by atoms with Crippen LogP contribution in [0, 0.1) is 40.9 Å². The largest absolute Gasteiger partial charge is 0.481 e. The summed E-state index contributed by atoms with van der Waals surface area (Å²) in [5.41, 5.74) is 22.1. The summed E-state index contributed by atoms with van der Waals surface area (Å²) in [6.07, 6.45) is -5.94. The Morgan fingerprint density at radius 1 is 0.326 bits per heavy atom. The summed E-state index contributed by atoms with van der Waals surface area (Å²) < 4.78 is 0. The van der Waals surface area contributed by atoms with Crippen LogP contribution >= 0.6 is 0 Å². The van der Waals surface area contributed by atoms with Crippen molar-refractivity contribution in [2.24, 2.45) is 58.4 Å². The quantitative estimate of drug-likeness (QED) is 0.0164. The van der Waals surface area contributed by atoms with E-state index in [-0.39, 0.29) is 63.4 Å². The second-order valence-corrected chi connectivity index (χ2v) is 35.9. The number of guanidine groups is 1. The zero-order chi connectivity index (χ0) is 108. The van der Waals surface area contributed by atoms with Crippen molar-refractivity contribution >= 4 is 148 Å². The van der Waals surface area contributed by atoms with Gasteiger partial charge in [-0.3, -0.25) is 116 Å². The lowest BCUT2D eigenvalue weighted by molar-refractivity contribution is -0.144. The zero-order valence-electron chi connectivity index (χ0n) is 82.5. The normalized spacial score (nSPS) is 15.4. The number of rotatable bonds is 65. The van der Waals surface area contributed by atoms with E-state index in [1.165, 1.54) is 13.8 Å². The summed E-state index contributed by atoms with van der Waals surface area (Å²) in [6.45, 7) is 23.0. The molecular weight excluding hydrogens is 1860 g/mol. The molecule has 53 heteroatoms. The molecule has 0 aliphatic heterocycles. The maximum Gasteiger partial charge on any atom is 0.326 e. The van der Waals surface area contributed by atoms with Crippen LogP contribution in [0.15, 0.2) is 30.3 Å². The fraction of sp³-hybridized carbons (Fsp3) is 0.648. The highest BCUT2D eigenvalue weighted by Crippen LogP contribution is 2.17. The molecule has 0 unspecified atom stereocenters. The van der Waals surface area contributed by atoms with Gasteiger partial charge in [0.25, 0.3) is 0 Å². The molecule has 20 atom stereocenters. The lowest BCUT2D eigenvalue weighted by atomic mass is 9.97. The first-order valence-electron chi connectivity index (χ1n) is 46.1. The Labute approximate surface area is 815 Å². The van der Waals surface area contributed by atoms with Crippen molar-refractivity contribution in [2.75, 3.05) is 26.2 Å². The van der Waals surface area contributed by atoms with Crippen LogP contribution in [0.5, 0.6) is 0 Å². The third kappa shape index (κ3) is 47.7. The van der Waals surface area contributed by atoms with Gasteiger partial charge < -0.3 is 150 Å². The van der Waals surface area contributed by atoms with E-state index in [1.54, 1.807) is 106 Å². The van der Waals surface area contributed by atoms with Gasteiger partial charge in [-0.25, -0.2) is 4.79 Å². The number of carbonyl (C=O) groups is 24. The predicted octanol–water partition coefficient (Wildman–Crippen LogP) is -8.94. The Bertz CT molecular complexity index is 4540. The van der Waals surface area contributed by atoms with Crippen molar-refractivity contribution in [3.63, 3.8) is 0 Å². The highest BCUT2D eigenvalue weighted by molar-refractivity contribution is 6.03. The molecule has 0 saturated carbocycles. The Kier molecular flexibility index (Phi) is 55.4. The number of primary amides is 2. The fourth-order valence-corrected chi connectivity index (χ4v) is 13.4. The summed E-state index contributed by atoms with van der Waals surface area (Å²) in [4.78, 5) is 322. The highest BCUT2D eigenvalue weighted by atomic mass is 16.4. The van der Waals surface area contributed by atoms with Crippen LogP contribution in [0.1, 0.15) is 194 Å². The van der Waals surface area contributed by atoms with Gasteiger partial charge in [-0.1, -0.05) is 126 Å². The van der Waals surface area contributed by atoms with E-state index in [0.717, 1.165) is 27.7 Å². The topological polar surface area (TPSA) is 859 Å². The monoisotopic (exact) mass is 2000 g/mol. The van der Waals surface area contributed by atoms with Crippen molar-refractivity contribution < 1.29 is 135 Å². The number of carboxylic acids is 3. The second-order valence-electron chi connectivity index (χ2n) is 35.9. The molecule has 0 saturated heterocycles. The molecule has 1 aromatic carbocycles. The van der Waals surface area contributed by atoms with Gasteiger partial charge in [0.1, 0.15) is 103 Å². The first kappa shape index (κ1) is 125. The fourth-order valence-electron chi connectivity index (χ4n) is 13.4. The van der Waals surface area contributed by atoms with Crippen LogP contribution in [0.25, 0.3) is 0 Å². The smallest absolute Gasteiger partial charge is 0.326 e. The third-order valence-electron chi connectivity index (χ3n) is 21.6. The van der Waals surface area contributed by atoms with Gasteiger partial charge >= 0.3 is 17.9 Å². The Morgan fingerprint density at radius 3 is 1.03 bits per heavy atom. The van der Waals surface area contributed by atoms with Gasteiger partial charge in [-0.05, 0) is 108 Å². The number of nitrogens with one attached hydrogen (secondary N) is 21. The van der Waals surface area contributed by atoms with Gasteiger partial charge in [-0.15, -0.1) is 0 Å². The van der Waals surface area contributed by atoms with Crippen molar-refractivity contribution in [1.29, 1.82) is 5.41 Å². The first-order valence-corrected chi connectivity index (χ1v) is 46.1. The maximum absolute atomic E-state index is 14.3. The maximum atomic E-state index is 14.3. The van der Waals surface area contributed by atoms with E-state index in [1.807, 2.05) is 0 Å². The molecule has 53 nitrogen and oxygen atoms in total. The lowest BCUT2D eigenvalue weighted by Crippen LogP contribution is -2.62. The van der Waals surface area contributed by atoms with E-state index in [9.17, 15) is 135 Å². The molecule has 0 bridgehead atoms. The molecule has 21 amide bonds. The van der Waals surface area contributed by atoms with Crippen LogP contribution in [-0.2, 0) is 121 Å². The summed E-state index contributed by atoms with van der Waals surface area (Å²) >= 11 is 0. The minimum Gasteiger partial charge on any atom is -0.481 e. The summed E-state index contributed by atoms with van der Waals surface area (Å²) in [7, 11) is 0. The molecule has 0 radical (unpaired) electrons. The van der Waals surface area contributed by atoms with Crippen molar-refractivity contribution in [3.8, 4) is 0 Å². The van der Waals surface area contributed by atoms with Crippen molar-refractivity contribution in [1.82, 2.24) is 106 Å². The Morgan fingerprint density at radius 2 is 0.645 bits per heavy atom. The minimum atomic E-state index is -1.93. The number of hydrogen-bond donors (Lipinski definition) is 29. The van der Waals surface area contributed by atoms with Crippen molar-refractivity contribution in [2.45, 2.75) is 304 Å². The van der Waals surface area contributed by atoms with Crippen LogP contribution < -0.4 is 129 Å². The van der Waals surface area contributed by atoms with Gasteiger partial charge in [0, 0.05) is 13.0 Å². The minimum absolute atomic E-state index is 0.0828. The standard InChI is InChI=1S/C88H145N25O28/c1-18-43(11)68(84(137)96-38-63(118)101-51(26-23-27-94-88(92)93)76(129)112-69(87(140)141)44(12)19-2)111-83(136)59(35-66(122)123)106-73(126)47(15)97-77(130)52(28-39(3)4)103-71(124)45(13)99-79(132)57(33-61(91)116)104-72(125)46(14)98-78(131)53(29-40(5)6)109-86(139)70(49(17)114)113-82(135)54(30-41(7)8)107-80(133)56(32-60(90)115)102-64(119)37-95-75(128)55(31-50-24-21-20-22-25-50)108-81(134)58(34-65(120)121)105-74(127)48(16)100-85(138)67(42(9)10)110-62(117)36-89/h20-22,24-25,39-49,51-59,67-70,114H,18-19,23,26-38,89H2,1-17H3,(H2,90,115)(H2,91,116)(H,95,128)(H,96,137)(H,97,130)(H,98,131)(H,99,132)(H,100,138)(H,101,118)(H,102,119)(H,103,124)(H,104,125)(H,105,127)(H,106,126)(H,107,133)(H,108,134)(H,109,139)(H,110,117)(H,111,136)(H,112,129)(H,113,135)(H,120,121)(H,122,123)(H,140,141)(H4,92,93,94)/t43-,44-,45-,46-,47-,48-,49+,51-,52-,53-,54-,55-,56-,57-,58-,59-,67-,68-,69-,70-/m0/s1. The van der Waals surface area contributed by atoms with E-state index in [4.69, 9.17) is 28.3 Å². The summed E-state index contributed by atoms with van der Waals surface area (Å²) in [5, 5.41) is 95.1. The van der Waals surface area contributed by atoms with Crippen LogP contribution in [0.2, 0.25) is 0 Å². The Balaban J connectivity index is 3.37. The molecule has 0 aliphatic rings. The summed E-state index contributed by atoms with van der Waals surface area (Å²) in [5.74, 6) is -30.4. The van der Waals surface area contributed by atoms with Gasteiger partial charge in [0.2, 0.25) is 124 Å². The zero-order valence-corrected chi connectivity index (χ0v) is 82.5. The van der Waals surface area contributed by atoms with Crippen LogP contribution in [0.3, 0.4) is 0 Å². The SMILES string of the molecule is CC[C@H](C)[C@H](NC(=O)[C@H](CCCNC(=N)N)NC(=O)CNC(=O)[C@@H](NC(=O)[C@H](CC(=O)O)NC(=O)[C@H](C)NC(=O)[C@H](CC(C)C)NC(=O)[C@H](C)NC(=O)[C@H](CC(N)=O)NC(=O)[C@H](C)NC(=O)[C@H](CC(C)C)NC(=O)[C@@H](NC(=O)[C@H](CC(C)C)NC(=O)[C@H](CC(N)=O)NC(=O)CNC(=O)[C@H](Cc1ccccc1)NC(=O)[C@H](CC(=O)O)NC(=O)[C@H](C)NC(=O)[C@@H](NC(=O)CN)C(C)C)[C@@H](C)O)[C@@H](C)CC)C(=O)O. The number of hydrogen-bond acceptors (Lipinski definition) is 27. The molecule has 790 valence electrons. The molecule has 0 aliphatic carbocycles. The first-order chi connectivity index (χ1) is 65.7. The molecule has 33 N–H and O–H groups in total. The molecule has 141 heavy (non-hydrogen) atoms. The molecule has 0 heterocycles. The van der Waals surface area contributed by atoms with E-state index in [2.05, 4.69) is 106 Å². The number of aliphatic hydroxyl groups excluding tert-OH is 1. The van der Waals surface area contributed by atoms with Gasteiger partial charge in [0.15, 0.2) is 5.96 Å². The van der Waals surface area contributed by atoms with E-state index >= 15 is 0 Å². The van der Waals surface area contributed by atoms with Gasteiger partial charge in [-0.2, -0.15) is 0 Å². The number of carbonyl (C=O) groups excluding carboxylic acids is 21. The Hall–Kier alpha value is -14.3. The summed E-state index contributed by atoms with van der Waals surface area (Å²) in [6, 6.07) is -19.5. The number of carboxylic acid groups (broad SMARTS) is 3. The number of aliphatic hydroxyl groups is 1. The van der Waals surface area contributed by atoms with Crippen LogP contribution in [0.4, 0.5) is 0 Å².